The van der Waals surface area contributed by atoms with Crippen LogP contribution in [0.5, 0.6) is 0 Å². The first kappa shape index (κ1) is 58.1. The standard InChI is InChI=1S/C24H18F5N3O3S.C17H14BrF2N3O3S.C7H6BF3O2/c1-2-9-36(34,35)32-19-8-7-18(25)20(21(19)26)22(33)16-12-31-23-15(16)10-13(11-30-23)14-5-3-4-6-17(14)24(27,28)29;1-2-5-27(25,26)23-13-4-3-12(19)14(15(13)20)16(24)11-8-22-17-10(11)6-9(18)7-21-17;9-7(10,11)5-3-1-2-4-6(5)8(12)13/h3-8,10-12,32H,2,9H2,1H3,(H,30,31);3-4,6-8,23H,2,5H2,1H3,(H,21,22);1-4,12-13H. The molecule has 8 rings (SSSR count). The van der Waals surface area contributed by atoms with Crippen molar-refractivity contribution in [2.45, 2.75) is 39.0 Å². The molecule has 14 nitrogen and oxygen atoms in total. The van der Waals surface area contributed by atoms with E-state index in [4.69, 9.17) is 10.0 Å². The van der Waals surface area contributed by atoms with Gasteiger partial charge in [0.15, 0.2) is 11.6 Å². The zero-order valence-electron chi connectivity index (χ0n) is 39.0. The van der Waals surface area contributed by atoms with Gasteiger partial charge < -0.3 is 20.0 Å². The molecule has 0 atom stereocenters. The topological polar surface area (TPSA) is 224 Å². The summed E-state index contributed by atoms with van der Waals surface area (Å²) < 4.78 is 188. The van der Waals surface area contributed by atoms with E-state index in [1.54, 1.807) is 19.9 Å². The molecule has 0 aliphatic carbocycles. The van der Waals surface area contributed by atoms with Crippen molar-refractivity contribution in [3.05, 3.63) is 171 Å². The molecule has 4 aromatic carbocycles. The summed E-state index contributed by atoms with van der Waals surface area (Å²) in [5.41, 5.74) is -5.33. The van der Waals surface area contributed by atoms with Gasteiger partial charge in [-0.05, 0) is 82.3 Å². The summed E-state index contributed by atoms with van der Waals surface area (Å²) in [6.45, 7) is 3.25. The van der Waals surface area contributed by atoms with Crippen LogP contribution in [0.25, 0.3) is 33.2 Å². The summed E-state index contributed by atoms with van der Waals surface area (Å²) in [4.78, 5) is 39.5. The SMILES string of the molecule is CCCS(=O)(=O)Nc1ccc(F)c(C(=O)c2c[nH]c3ncc(-c4ccccc4C(F)(F)F)cc23)c1F.CCCS(=O)(=O)Nc1ccc(F)c(C(=O)c2c[nH]c3ncc(Br)cc23)c1F.OB(O)c1ccccc1C(F)(F)F. The molecule has 8 aromatic rings. The van der Waals surface area contributed by atoms with Crippen molar-refractivity contribution in [1.29, 1.82) is 0 Å². The first-order valence-electron chi connectivity index (χ1n) is 21.9. The van der Waals surface area contributed by atoms with Crippen LogP contribution in [0.1, 0.15) is 69.7 Å². The first-order chi connectivity index (χ1) is 35.6. The number of carbonyl (C=O) groups is 2. The van der Waals surface area contributed by atoms with E-state index in [1.165, 1.54) is 55.0 Å². The molecular weight excluding hydrogens is 1130 g/mol. The minimum Gasteiger partial charge on any atom is -0.423 e. The number of aromatic nitrogens is 4. The Morgan fingerprint density at radius 2 is 1.07 bits per heavy atom. The number of carbonyl (C=O) groups excluding carboxylic acids is 2. The minimum absolute atomic E-state index is 0.0187. The van der Waals surface area contributed by atoms with Crippen LogP contribution < -0.4 is 14.9 Å². The highest BCUT2D eigenvalue weighted by molar-refractivity contribution is 9.10. The van der Waals surface area contributed by atoms with E-state index >= 15 is 4.39 Å². The number of aromatic amines is 2. The van der Waals surface area contributed by atoms with Crippen LogP contribution in [0.3, 0.4) is 0 Å². The van der Waals surface area contributed by atoms with E-state index in [1.807, 2.05) is 4.72 Å². The Bertz CT molecular complexity index is 3710. The Hall–Kier alpha value is -7.14. The number of anilines is 2. The number of hydrogen-bond acceptors (Lipinski definition) is 10. The van der Waals surface area contributed by atoms with Gasteiger partial charge in [0.25, 0.3) is 0 Å². The number of sulfonamides is 2. The summed E-state index contributed by atoms with van der Waals surface area (Å²) in [5.74, 6) is -7.62. The fourth-order valence-electron chi connectivity index (χ4n) is 7.39. The summed E-state index contributed by atoms with van der Waals surface area (Å²) in [6, 6.07) is 15.4. The third kappa shape index (κ3) is 13.4. The number of ketones is 2. The second-order valence-electron chi connectivity index (χ2n) is 16.1. The van der Waals surface area contributed by atoms with Crippen molar-refractivity contribution in [3.63, 3.8) is 0 Å². The van der Waals surface area contributed by atoms with Crippen molar-refractivity contribution in [2.24, 2.45) is 0 Å². The number of H-pyrrole nitrogens is 2. The van der Waals surface area contributed by atoms with Crippen molar-refractivity contribution in [3.8, 4) is 11.1 Å². The molecule has 4 aromatic heterocycles. The Labute approximate surface area is 434 Å². The van der Waals surface area contributed by atoms with E-state index in [0.717, 1.165) is 48.7 Å². The largest absolute Gasteiger partial charge is 0.489 e. The molecule has 0 amide bonds. The van der Waals surface area contributed by atoms with Gasteiger partial charge in [-0.1, -0.05) is 56.3 Å². The molecule has 6 N–H and O–H groups in total. The molecule has 0 aliphatic heterocycles. The van der Waals surface area contributed by atoms with E-state index in [-0.39, 0.29) is 51.2 Å². The minimum atomic E-state index is -4.65. The van der Waals surface area contributed by atoms with Gasteiger partial charge in [0.05, 0.1) is 45.1 Å². The van der Waals surface area contributed by atoms with Gasteiger partial charge in [-0.3, -0.25) is 19.0 Å². The molecule has 0 aliphatic rings. The molecule has 4 heterocycles. The molecule has 0 fully saturated rings. The molecule has 0 saturated carbocycles. The van der Waals surface area contributed by atoms with Crippen LogP contribution in [0.15, 0.2) is 114 Å². The number of halogens is 11. The molecule has 0 spiro atoms. The summed E-state index contributed by atoms with van der Waals surface area (Å²) in [7, 11) is -9.84. The van der Waals surface area contributed by atoms with Gasteiger partial charge in [0, 0.05) is 56.7 Å². The number of benzene rings is 4. The van der Waals surface area contributed by atoms with Crippen molar-refractivity contribution in [1.82, 2.24) is 19.9 Å². The van der Waals surface area contributed by atoms with E-state index in [0.29, 0.717) is 21.9 Å². The maximum absolute atomic E-state index is 15.1. The van der Waals surface area contributed by atoms with E-state index in [2.05, 4.69) is 40.6 Å². The number of alkyl halides is 6. The van der Waals surface area contributed by atoms with Crippen LogP contribution in [-0.2, 0) is 32.4 Å². The lowest BCUT2D eigenvalue weighted by atomic mass is 9.77. The summed E-state index contributed by atoms with van der Waals surface area (Å²) in [5, 5.41) is 17.7. The summed E-state index contributed by atoms with van der Waals surface area (Å²) in [6.07, 6.45) is -3.52. The quantitative estimate of drug-likeness (QED) is 0.0343. The molecule has 76 heavy (non-hydrogen) atoms. The first-order valence-corrected chi connectivity index (χ1v) is 26.0. The molecular formula is C48H38BBrF10N6O8S2. The smallest absolute Gasteiger partial charge is 0.423 e. The number of nitrogens with one attached hydrogen (secondary N) is 4. The Morgan fingerprint density at radius 1 is 0.632 bits per heavy atom. The molecule has 400 valence electrons. The number of pyridine rings is 2. The van der Waals surface area contributed by atoms with Gasteiger partial charge >= 0.3 is 19.5 Å². The van der Waals surface area contributed by atoms with Gasteiger partial charge in [-0.2, -0.15) is 26.3 Å². The predicted molar refractivity (Wildman–Crippen MR) is 267 cm³/mol. The Balaban J connectivity index is 0.000000205. The Kier molecular flexibility index (Phi) is 17.9. The zero-order chi connectivity index (χ0) is 56.1. The lowest BCUT2D eigenvalue weighted by Gasteiger charge is -2.13. The molecule has 0 bridgehead atoms. The van der Waals surface area contributed by atoms with Crippen LogP contribution in [0.4, 0.5) is 55.3 Å². The molecule has 28 heteroatoms. The van der Waals surface area contributed by atoms with Gasteiger partial charge in [-0.15, -0.1) is 0 Å². The highest BCUT2D eigenvalue weighted by Crippen LogP contribution is 2.38. The van der Waals surface area contributed by atoms with Gasteiger partial charge in [-0.25, -0.2) is 44.4 Å². The highest BCUT2D eigenvalue weighted by Gasteiger charge is 2.36. The van der Waals surface area contributed by atoms with Crippen molar-refractivity contribution >= 4 is 93.6 Å². The maximum atomic E-state index is 15.1. The second kappa shape index (κ2) is 23.4. The second-order valence-corrected chi connectivity index (χ2v) is 20.7. The van der Waals surface area contributed by atoms with E-state index < -0.39 is 113 Å². The third-order valence-electron chi connectivity index (χ3n) is 10.7. The van der Waals surface area contributed by atoms with Crippen LogP contribution in [0.2, 0.25) is 0 Å². The zero-order valence-corrected chi connectivity index (χ0v) is 42.2. The molecule has 0 radical (unpaired) electrons. The fraction of sp³-hybridized carbons (Fsp3) is 0.167. The Morgan fingerprint density at radius 3 is 1.51 bits per heavy atom. The lowest BCUT2D eigenvalue weighted by Crippen LogP contribution is -2.35. The summed E-state index contributed by atoms with van der Waals surface area (Å²) >= 11 is 3.23. The molecule has 0 saturated heterocycles. The van der Waals surface area contributed by atoms with Crippen LogP contribution in [0, 0.1) is 23.3 Å². The number of nitrogens with zero attached hydrogens (tertiary/aromatic N) is 2. The number of fused-ring (bicyclic) bond motifs is 2. The predicted octanol–water partition coefficient (Wildman–Crippen LogP) is 10.3. The normalized spacial score (nSPS) is 11.9. The maximum Gasteiger partial charge on any atom is 0.489 e. The molecule has 0 unspecified atom stereocenters. The average Bonchev–Trinajstić information content (AvgIpc) is 3.98. The average molecular weight is 1170 g/mol. The lowest BCUT2D eigenvalue weighted by molar-refractivity contribution is -0.137. The van der Waals surface area contributed by atoms with Crippen molar-refractivity contribution in [2.75, 3.05) is 20.9 Å². The van der Waals surface area contributed by atoms with E-state index in [9.17, 15) is 65.9 Å². The fourth-order valence-corrected chi connectivity index (χ4v) is 9.99. The van der Waals surface area contributed by atoms with Gasteiger partial charge in [0.2, 0.25) is 31.6 Å². The van der Waals surface area contributed by atoms with Crippen LogP contribution in [-0.4, -0.2) is 77.0 Å². The van der Waals surface area contributed by atoms with Crippen LogP contribution >= 0.6 is 15.9 Å². The third-order valence-corrected chi connectivity index (χ3v) is 14.1. The number of hydrogen-bond donors (Lipinski definition) is 6. The monoisotopic (exact) mass is 1170 g/mol. The van der Waals surface area contributed by atoms with Crippen molar-refractivity contribution < 1.29 is 80.4 Å². The van der Waals surface area contributed by atoms with Gasteiger partial charge in [0.1, 0.15) is 22.9 Å². The number of rotatable bonds is 14. The highest BCUT2D eigenvalue weighted by atomic mass is 79.9.